The second-order valence-corrected chi connectivity index (χ2v) is 5.01. The van der Waals surface area contributed by atoms with Crippen molar-refractivity contribution < 1.29 is 19.4 Å². The van der Waals surface area contributed by atoms with Crippen molar-refractivity contribution in [3.8, 4) is 0 Å². The second kappa shape index (κ2) is 7.45. The van der Waals surface area contributed by atoms with Crippen LogP contribution in [0.5, 0.6) is 0 Å². The number of morpholine rings is 1. The molecule has 0 aliphatic carbocycles. The van der Waals surface area contributed by atoms with Crippen LogP contribution < -0.4 is 5.32 Å². The molecule has 0 aromatic heterocycles. The maximum atomic E-state index is 11.9. The average molecular weight is 272 g/mol. The van der Waals surface area contributed by atoms with Crippen molar-refractivity contribution in [2.24, 2.45) is 0 Å². The summed E-state index contributed by atoms with van der Waals surface area (Å²) in [6, 6.07) is 0. The predicted molar refractivity (Wildman–Crippen MR) is 71.0 cm³/mol. The molecule has 6 heteroatoms. The van der Waals surface area contributed by atoms with Gasteiger partial charge >= 0.3 is 5.97 Å². The molecule has 1 aliphatic heterocycles. The predicted octanol–water partition coefficient (Wildman–Crippen LogP) is 0.468. The fraction of sp³-hybridized carbons (Fsp3) is 0.846. The van der Waals surface area contributed by atoms with Gasteiger partial charge in [-0.1, -0.05) is 6.92 Å². The van der Waals surface area contributed by atoms with Crippen LogP contribution in [0.15, 0.2) is 0 Å². The van der Waals surface area contributed by atoms with E-state index in [2.05, 4.69) is 5.32 Å². The highest BCUT2D eigenvalue weighted by Crippen LogP contribution is 2.09. The van der Waals surface area contributed by atoms with E-state index < -0.39 is 11.5 Å². The van der Waals surface area contributed by atoms with E-state index in [0.717, 1.165) is 0 Å². The van der Waals surface area contributed by atoms with Gasteiger partial charge in [0.2, 0.25) is 5.91 Å². The molecule has 0 saturated carbocycles. The van der Waals surface area contributed by atoms with E-state index >= 15 is 0 Å². The molecule has 1 saturated heterocycles. The molecule has 0 spiro atoms. The molecule has 0 aromatic carbocycles. The second-order valence-electron chi connectivity index (χ2n) is 5.01. The van der Waals surface area contributed by atoms with Gasteiger partial charge in [0.25, 0.3) is 0 Å². The van der Waals surface area contributed by atoms with Gasteiger partial charge in [-0.15, -0.1) is 0 Å². The standard InChI is InChI=1S/C13H24N2O4/c1-3-13(2,12(17)18)14-6-4-5-11(16)15-7-9-19-10-8-15/h14H,3-10H2,1-2H3,(H,17,18). The van der Waals surface area contributed by atoms with Gasteiger partial charge in [0.15, 0.2) is 0 Å². The Kier molecular flexibility index (Phi) is 6.24. The van der Waals surface area contributed by atoms with Crippen molar-refractivity contribution in [3.63, 3.8) is 0 Å². The zero-order valence-corrected chi connectivity index (χ0v) is 11.8. The number of hydrogen-bond donors (Lipinski definition) is 2. The molecule has 110 valence electrons. The summed E-state index contributed by atoms with van der Waals surface area (Å²) in [6.07, 6.45) is 1.62. The van der Waals surface area contributed by atoms with Gasteiger partial charge in [0.1, 0.15) is 5.54 Å². The number of aliphatic carboxylic acids is 1. The lowest BCUT2D eigenvalue weighted by Crippen LogP contribution is -2.49. The third-order valence-electron chi connectivity index (χ3n) is 3.63. The number of carboxylic acids is 1. The molecular formula is C13H24N2O4. The Balaban J connectivity index is 2.22. The minimum absolute atomic E-state index is 0.124. The quantitative estimate of drug-likeness (QED) is 0.659. The molecule has 0 aromatic rings. The van der Waals surface area contributed by atoms with Crippen LogP contribution in [0, 0.1) is 0 Å². The van der Waals surface area contributed by atoms with Crippen LogP contribution in [-0.4, -0.2) is 60.3 Å². The maximum absolute atomic E-state index is 11.9. The van der Waals surface area contributed by atoms with Crippen molar-refractivity contribution in [3.05, 3.63) is 0 Å². The van der Waals surface area contributed by atoms with Gasteiger partial charge < -0.3 is 20.1 Å². The van der Waals surface area contributed by atoms with Crippen molar-refractivity contribution in [2.75, 3.05) is 32.8 Å². The first-order chi connectivity index (χ1) is 8.99. The summed E-state index contributed by atoms with van der Waals surface area (Å²) in [5.74, 6) is -0.729. The van der Waals surface area contributed by atoms with Crippen molar-refractivity contribution in [1.82, 2.24) is 10.2 Å². The van der Waals surface area contributed by atoms with Gasteiger partial charge in [-0.2, -0.15) is 0 Å². The van der Waals surface area contributed by atoms with Crippen LogP contribution in [-0.2, 0) is 14.3 Å². The fourth-order valence-electron chi connectivity index (χ4n) is 1.93. The van der Waals surface area contributed by atoms with Crippen LogP contribution in [0.3, 0.4) is 0 Å². The molecule has 6 nitrogen and oxygen atoms in total. The highest BCUT2D eigenvalue weighted by atomic mass is 16.5. The van der Waals surface area contributed by atoms with Crippen LogP contribution in [0.4, 0.5) is 0 Å². The molecule has 1 rings (SSSR count). The summed E-state index contributed by atoms with van der Waals surface area (Å²) in [5, 5.41) is 12.1. The molecular weight excluding hydrogens is 248 g/mol. The number of carbonyl (C=O) groups is 2. The number of ether oxygens (including phenoxy) is 1. The Bertz CT molecular complexity index is 316. The Morgan fingerprint density at radius 1 is 1.37 bits per heavy atom. The lowest BCUT2D eigenvalue weighted by Gasteiger charge is -2.27. The van der Waals surface area contributed by atoms with Crippen molar-refractivity contribution in [1.29, 1.82) is 0 Å². The van der Waals surface area contributed by atoms with Crippen LogP contribution >= 0.6 is 0 Å². The van der Waals surface area contributed by atoms with Crippen LogP contribution in [0.1, 0.15) is 33.1 Å². The molecule has 0 bridgehead atoms. The normalized spacial score (nSPS) is 18.9. The summed E-state index contributed by atoms with van der Waals surface area (Å²) < 4.78 is 5.19. The zero-order valence-electron chi connectivity index (χ0n) is 11.8. The average Bonchev–Trinajstić information content (AvgIpc) is 2.43. The van der Waals surface area contributed by atoms with Gasteiger partial charge in [0.05, 0.1) is 13.2 Å². The Hall–Kier alpha value is -1.14. The minimum atomic E-state index is -0.901. The third-order valence-corrected chi connectivity index (χ3v) is 3.63. The first-order valence-corrected chi connectivity index (χ1v) is 6.83. The third kappa shape index (κ3) is 4.80. The molecule has 1 unspecified atom stereocenters. The number of nitrogens with zero attached hydrogens (tertiary/aromatic N) is 1. The molecule has 1 heterocycles. The van der Waals surface area contributed by atoms with Gasteiger partial charge in [-0.25, -0.2) is 0 Å². The molecule has 1 aliphatic rings. The van der Waals surface area contributed by atoms with Gasteiger partial charge in [0, 0.05) is 19.5 Å². The molecule has 1 fully saturated rings. The Morgan fingerprint density at radius 2 is 2.00 bits per heavy atom. The van der Waals surface area contributed by atoms with Crippen LogP contribution in [0.2, 0.25) is 0 Å². The Labute approximate surface area is 114 Å². The lowest BCUT2D eigenvalue weighted by molar-refractivity contribution is -0.144. The largest absolute Gasteiger partial charge is 0.480 e. The van der Waals surface area contributed by atoms with Crippen molar-refractivity contribution in [2.45, 2.75) is 38.6 Å². The summed E-state index contributed by atoms with van der Waals surface area (Å²) in [4.78, 5) is 24.7. The monoisotopic (exact) mass is 272 g/mol. The topological polar surface area (TPSA) is 78.9 Å². The van der Waals surface area contributed by atoms with Crippen LogP contribution in [0.25, 0.3) is 0 Å². The zero-order chi connectivity index (χ0) is 14.3. The number of amides is 1. The summed E-state index contributed by atoms with van der Waals surface area (Å²) in [6.45, 7) is 6.57. The molecule has 0 radical (unpaired) electrons. The van der Waals surface area contributed by atoms with E-state index in [4.69, 9.17) is 9.84 Å². The maximum Gasteiger partial charge on any atom is 0.323 e. The van der Waals surface area contributed by atoms with E-state index in [-0.39, 0.29) is 5.91 Å². The number of carboxylic acid groups (broad SMARTS) is 1. The molecule has 19 heavy (non-hydrogen) atoms. The van der Waals surface area contributed by atoms with E-state index in [0.29, 0.717) is 52.1 Å². The summed E-state index contributed by atoms with van der Waals surface area (Å²) in [5.41, 5.74) is -0.901. The molecule has 2 N–H and O–H groups in total. The highest BCUT2D eigenvalue weighted by Gasteiger charge is 2.29. The molecule has 1 amide bonds. The summed E-state index contributed by atoms with van der Waals surface area (Å²) >= 11 is 0. The van der Waals surface area contributed by atoms with Crippen molar-refractivity contribution >= 4 is 11.9 Å². The van der Waals surface area contributed by atoms with E-state index in [1.807, 2.05) is 6.92 Å². The number of rotatable bonds is 7. The van der Waals surface area contributed by atoms with E-state index in [1.54, 1.807) is 11.8 Å². The Morgan fingerprint density at radius 3 is 2.53 bits per heavy atom. The highest BCUT2D eigenvalue weighted by molar-refractivity contribution is 5.78. The SMILES string of the molecule is CCC(C)(NCCCC(=O)N1CCOCC1)C(=O)O. The fourth-order valence-corrected chi connectivity index (χ4v) is 1.93. The number of carbonyl (C=O) groups excluding carboxylic acids is 1. The first kappa shape index (κ1) is 15.9. The lowest BCUT2D eigenvalue weighted by atomic mass is 9.99. The first-order valence-electron chi connectivity index (χ1n) is 6.83. The number of hydrogen-bond acceptors (Lipinski definition) is 4. The summed E-state index contributed by atoms with van der Waals surface area (Å²) in [7, 11) is 0. The van der Waals surface area contributed by atoms with Gasteiger partial charge in [-0.3, -0.25) is 9.59 Å². The number of nitrogens with one attached hydrogen (secondary N) is 1. The molecule has 1 atom stereocenters. The van der Waals surface area contributed by atoms with E-state index in [9.17, 15) is 9.59 Å². The van der Waals surface area contributed by atoms with E-state index in [1.165, 1.54) is 0 Å². The minimum Gasteiger partial charge on any atom is -0.480 e. The van der Waals surface area contributed by atoms with Gasteiger partial charge in [-0.05, 0) is 26.3 Å². The smallest absolute Gasteiger partial charge is 0.323 e.